The molecule has 0 aliphatic carbocycles. The molecular formula is C33H41N3O12. The van der Waals surface area contributed by atoms with Crippen LogP contribution in [-0.4, -0.2) is 92.3 Å². The molecular weight excluding hydrogens is 630 g/mol. The molecule has 1 heterocycles. The van der Waals surface area contributed by atoms with Gasteiger partial charge in [0.15, 0.2) is 18.5 Å². The number of esters is 4. The lowest BCUT2D eigenvalue weighted by molar-refractivity contribution is -0.270. The number of rotatable bonds is 14. The molecule has 1 saturated heterocycles. The largest absolute Gasteiger partial charge is 0.463 e. The number of carbonyl (C=O) groups excluding carboxylic acids is 6. The van der Waals surface area contributed by atoms with Crippen LogP contribution in [0.25, 0.3) is 0 Å². The Balaban J connectivity index is 1.72. The van der Waals surface area contributed by atoms with Gasteiger partial charge in [-0.1, -0.05) is 60.7 Å². The SMILES string of the molecule is CO[C@@H]1O[C@H](COC(C)=O)[C@@H](OC(C)=O)[C@H](OC(C)=O)[C@H]1NC(=O)N[C@@H](C)C(=O)N[C@@H](Cc1ccccc1)C(=O)OCc1ccccc1. The molecule has 48 heavy (non-hydrogen) atoms. The standard InChI is InChI=1S/C33H41N3O12/c1-19(30(40)35-25(16-23-12-8-6-9-13-23)31(41)45-17-24-14-10-7-11-15-24)34-33(42)36-27-29(47-22(4)39)28(46-21(3)38)26(18-44-20(2)37)48-32(27)43-5/h6-15,19,25-29,32H,16-18H2,1-5H3,(H,35,40)(H2,34,36,42)/t19-,25-,26+,27+,28+,29+,32+/m0/s1. The van der Waals surface area contributed by atoms with E-state index in [0.717, 1.165) is 25.0 Å². The minimum absolute atomic E-state index is 0.000734. The molecule has 1 aliphatic heterocycles. The first-order valence-electron chi connectivity index (χ1n) is 15.2. The van der Waals surface area contributed by atoms with Crippen LogP contribution in [0.1, 0.15) is 38.8 Å². The fourth-order valence-electron chi connectivity index (χ4n) is 4.88. The van der Waals surface area contributed by atoms with E-state index >= 15 is 0 Å². The predicted molar refractivity (Wildman–Crippen MR) is 167 cm³/mol. The molecule has 15 nitrogen and oxygen atoms in total. The quantitative estimate of drug-likeness (QED) is 0.193. The number of nitrogens with one attached hydrogen (secondary N) is 3. The van der Waals surface area contributed by atoms with Crippen LogP contribution in [0.15, 0.2) is 60.7 Å². The summed E-state index contributed by atoms with van der Waals surface area (Å²) in [6.45, 7) is 4.43. The van der Waals surface area contributed by atoms with Crippen LogP contribution in [0.3, 0.4) is 0 Å². The van der Waals surface area contributed by atoms with Crippen molar-refractivity contribution in [3.05, 3.63) is 71.8 Å². The summed E-state index contributed by atoms with van der Waals surface area (Å²) in [5.74, 6) is -3.53. The van der Waals surface area contributed by atoms with Crippen LogP contribution in [0.4, 0.5) is 4.79 Å². The first-order chi connectivity index (χ1) is 22.9. The first-order valence-corrected chi connectivity index (χ1v) is 15.2. The summed E-state index contributed by atoms with van der Waals surface area (Å²) in [7, 11) is 1.26. The van der Waals surface area contributed by atoms with E-state index < -0.39 is 78.5 Å². The molecule has 1 fully saturated rings. The van der Waals surface area contributed by atoms with E-state index in [1.807, 2.05) is 24.3 Å². The van der Waals surface area contributed by atoms with Gasteiger partial charge >= 0.3 is 29.9 Å². The van der Waals surface area contributed by atoms with Crippen LogP contribution >= 0.6 is 0 Å². The number of carbonyl (C=O) groups is 6. The van der Waals surface area contributed by atoms with Crippen LogP contribution in [0.5, 0.6) is 0 Å². The van der Waals surface area contributed by atoms with E-state index in [1.165, 1.54) is 21.0 Å². The van der Waals surface area contributed by atoms with E-state index in [2.05, 4.69) is 16.0 Å². The Hall–Kier alpha value is -5.02. The van der Waals surface area contributed by atoms with E-state index in [1.54, 1.807) is 36.4 Å². The lowest BCUT2D eigenvalue weighted by atomic mass is 9.96. The van der Waals surface area contributed by atoms with Crippen LogP contribution in [-0.2, 0) is 65.4 Å². The summed E-state index contributed by atoms with van der Waals surface area (Å²) in [6.07, 6.45) is -4.93. The van der Waals surface area contributed by atoms with Gasteiger partial charge in [-0.15, -0.1) is 0 Å². The van der Waals surface area contributed by atoms with Crippen molar-refractivity contribution < 1.29 is 57.2 Å². The second-order valence-corrected chi connectivity index (χ2v) is 10.9. The molecule has 0 unspecified atom stereocenters. The monoisotopic (exact) mass is 671 g/mol. The fourth-order valence-corrected chi connectivity index (χ4v) is 4.88. The maximum atomic E-state index is 13.2. The number of hydrogen-bond donors (Lipinski definition) is 3. The van der Waals surface area contributed by atoms with Crippen molar-refractivity contribution in [3.8, 4) is 0 Å². The Labute approximate surface area is 277 Å². The van der Waals surface area contributed by atoms with Gasteiger partial charge in [-0.2, -0.15) is 0 Å². The number of urea groups is 1. The minimum atomic E-state index is -1.35. The molecule has 2 aromatic carbocycles. The summed E-state index contributed by atoms with van der Waals surface area (Å²) in [5, 5.41) is 7.68. The summed E-state index contributed by atoms with van der Waals surface area (Å²) in [6, 6.07) is 13.7. The Bertz CT molecular complexity index is 1410. The molecule has 3 amide bonds. The van der Waals surface area contributed by atoms with Gasteiger partial charge in [0.1, 0.15) is 37.4 Å². The van der Waals surface area contributed by atoms with Crippen LogP contribution < -0.4 is 16.0 Å². The molecule has 3 N–H and O–H groups in total. The van der Waals surface area contributed by atoms with Gasteiger partial charge in [-0.3, -0.25) is 19.2 Å². The number of amides is 3. The zero-order valence-corrected chi connectivity index (χ0v) is 27.3. The maximum Gasteiger partial charge on any atom is 0.329 e. The predicted octanol–water partition coefficient (Wildman–Crippen LogP) is 1.31. The molecule has 1 aliphatic rings. The third kappa shape index (κ3) is 11.7. The third-order valence-electron chi connectivity index (χ3n) is 7.08. The second kappa shape index (κ2) is 18.4. The van der Waals surface area contributed by atoms with Gasteiger partial charge in [0, 0.05) is 34.3 Å². The van der Waals surface area contributed by atoms with Gasteiger partial charge in [0.2, 0.25) is 5.91 Å². The van der Waals surface area contributed by atoms with Crippen molar-refractivity contribution >= 4 is 35.8 Å². The van der Waals surface area contributed by atoms with E-state index in [9.17, 15) is 28.8 Å². The molecule has 260 valence electrons. The molecule has 0 aromatic heterocycles. The summed E-state index contributed by atoms with van der Waals surface area (Å²) in [4.78, 5) is 75.0. The van der Waals surface area contributed by atoms with Crippen molar-refractivity contribution in [1.82, 2.24) is 16.0 Å². The molecule has 0 bridgehead atoms. The average molecular weight is 672 g/mol. The van der Waals surface area contributed by atoms with Crippen LogP contribution in [0, 0.1) is 0 Å². The van der Waals surface area contributed by atoms with Crippen molar-refractivity contribution in [2.24, 2.45) is 0 Å². The highest BCUT2D eigenvalue weighted by molar-refractivity contribution is 5.90. The molecule has 0 spiro atoms. The van der Waals surface area contributed by atoms with Gasteiger partial charge in [0.25, 0.3) is 0 Å². The number of hydrogen-bond acceptors (Lipinski definition) is 12. The molecule has 0 radical (unpaired) electrons. The molecule has 15 heteroatoms. The zero-order valence-electron chi connectivity index (χ0n) is 27.3. The Morgan fingerprint density at radius 1 is 0.771 bits per heavy atom. The van der Waals surface area contributed by atoms with Crippen molar-refractivity contribution in [3.63, 3.8) is 0 Å². The highest BCUT2D eigenvalue weighted by atomic mass is 16.7. The van der Waals surface area contributed by atoms with Gasteiger partial charge in [-0.25, -0.2) is 9.59 Å². The Morgan fingerprint density at radius 3 is 1.92 bits per heavy atom. The molecule has 3 rings (SSSR count). The van der Waals surface area contributed by atoms with Crippen molar-refractivity contribution in [2.45, 2.75) is 83.5 Å². The number of ether oxygens (including phenoxy) is 6. The number of benzene rings is 2. The average Bonchev–Trinajstić information content (AvgIpc) is 3.04. The number of methoxy groups -OCH3 is 1. The topological polar surface area (TPSA) is 194 Å². The van der Waals surface area contributed by atoms with Gasteiger partial charge in [0.05, 0.1) is 0 Å². The molecule has 7 atom stereocenters. The van der Waals surface area contributed by atoms with E-state index in [0.29, 0.717) is 0 Å². The van der Waals surface area contributed by atoms with Crippen molar-refractivity contribution in [2.75, 3.05) is 13.7 Å². The third-order valence-corrected chi connectivity index (χ3v) is 7.08. The zero-order chi connectivity index (χ0) is 35.2. The maximum absolute atomic E-state index is 13.2. The highest BCUT2D eigenvalue weighted by Gasteiger charge is 2.51. The first kappa shape index (κ1) is 37.4. The Kier molecular flexibility index (Phi) is 14.3. The summed E-state index contributed by atoms with van der Waals surface area (Å²) >= 11 is 0. The second-order valence-electron chi connectivity index (χ2n) is 10.9. The Morgan fingerprint density at radius 2 is 1.35 bits per heavy atom. The summed E-state index contributed by atoms with van der Waals surface area (Å²) < 4.78 is 32.5. The van der Waals surface area contributed by atoms with Gasteiger partial charge in [-0.05, 0) is 18.1 Å². The van der Waals surface area contributed by atoms with E-state index in [-0.39, 0.29) is 19.6 Å². The molecule has 2 aromatic rings. The fraction of sp³-hybridized carbons (Fsp3) is 0.455. The van der Waals surface area contributed by atoms with Crippen molar-refractivity contribution in [1.29, 1.82) is 0 Å². The summed E-state index contributed by atoms with van der Waals surface area (Å²) in [5.41, 5.74) is 1.54. The normalized spacial score (nSPS) is 21.4. The molecule has 0 saturated carbocycles. The smallest absolute Gasteiger partial charge is 0.329 e. The lowest BCUT2D eigenvalue weighted by Gasteiger charge is -2.44. The lowest BCUT2D eigenvalue weighted by Crippen LogP contribution is -2.67. The highest BCUT2D eigenvalue weighted by Crippen LogP contribution is 2.27. The van der Waals surface area contributed by atoms with E-state index in [4.69, 9.17) is 28.4 Å². The van der Waals surface area contributed by atoms with Gasteiger partial charge < -0.3 is 44.4 Å². The minimum Gasteiger partial charge on any atom is -0.463 e. The van der Waals surface area contributed by atoms with Crippen LogP contribution in [0.2, 0.25) is 0 Å².